The smallest absolute Gasteiger partial charge is 0.0473 e. The van der Waals surface area contributed by atoms with Crippen molar-refractivity contribution in [2.24, 2.45) is 11.7 Å². The van der Waals surface area contributed by atoms with E-state index in [9.17, 15) is 0 Å². The Morgan fingerprint density at radius 1 is 1.10 bits per heavy atom. The van der Waals surface area contributed by atoms with Crippen molar-refractivity contribution >= 4 is 0 Å². The van der Waals surface area contributed by atoms with E-state index in [2.05, 4.69) is 44.7 Å². The predicted molar refractivity (Wildman–Crippen MR) is 87.0 cm³/mol. The molecule has 0 aliphatic carbocycles. The van der Waals surface area contributed by atoms with Crippen LogP contribution < -0.4 is 5.73 Å². The summed E-state index contributed by atoms with van der Waals surface area (Å²) in [6.07, 6.45) is 3.98. The molecule has 1 aromatic rings. The summed E-state index contributed by atoms with van der Waals surface area (Å²) in [5.41, 5.74) is 11.7. The molecule has 1 aromatic carbocycles. The highest BCUT2D eigenvalue weighted by Gasteiger charge is 2.25. The Morgan fingerprint density at radius 3 is 2.25 bits per heavy atom. The highest BCUT2D eigenvalue weighted by Crippen LogP contribution is 2.30. The molecule has 2 rings (SSSR count). The third kappa shape index (κ3) is 3.24. The minimum Gasteiger partial charge on any atom is -0.329 e. The van der Waals surface area contributed by atoms with E-state index in [1.807, 2.05) is 0 Å². The van der Waals surface area contributed by atoms with Crippen molar-refractivity contribution in [3.05, 3.63) is 34.4 Å². The van der Waals surface area contributed by atoms with Crippen molar-refractivity contribution in [2.75, 3.05) is 19.6 Å². The van der Waals surface area contributed by atoms with Crippen molar-refractivity contribution in [1.82, 2.24) is 4.90 Å². The summed E-state index contributed by atoms with van der Waals surface area (Å²) in [6.45, 7) is 12.1. The van der Waals surface area contributed by atoms with Gasteiger partial charge in [-0.3, -0.25) is 4.90 Å². The molecule has 1 heterocycles. The van der Waals surface area contributed by atoms with Crippen molar-refractivity contribution in [3.63, 3.8) is 0 Å². The number of aryl methyl sites for hydroxylation is 3. The third-order valence-electron chi connectivity index (χ3n) is 5.13. The molecule has 1 unspecified atom stereocenters. The van der Waals surface area contributed by atoms with Crippen LogP contribution in [-0.2, 0) is 0 Å². The lowest BCUT2D eigenvalue weighted by Crippen LogP contribution is -2.40. The molecule has 0 aromatic heterocycles. The first kappa shape index (κ1) is 15.5. The zero-order valence-corrected chi connectivity index (χ0v) is 13.6. The number of benzene rings is 1. The lowest BCUT2D eigenvalue weighted by atomic mass is 9.90. The Morgan fingerprint density at radius 2 is 1.70 bits per heavy atom. The van der Waals surface area contributed by atoms with Gasteiger partial charge in [-0.15, -0.1) is 0 Å². The van der Waals surface area contributed by atoms with Crippen LogP contribution in [0.3, 0.4) is 0 Å². The van der Waals surface area contributed by atoms with Crippen LogP contribution in [0.2, 0.25) is 0 Å². The van der Waals surface area contributed by atoms with Gasteiger partial charge in [0.05, 0.1) is 0 Å². The van der Waals surface area contributed by atoms with Crippen LogP contribution >= 0.6 is 0 Å². The Bertz CT molecular complexity index is 445. The van der Waals surface area contributed by atoms with Gasteiger partial charge >= 0.3 is 0 Å². The maximum absolute atomic E-state index is 6.12. The van der Waals surface area contributed by atoms with Crippen LogP contribution in [-0.4, -0.2) is 24.5 Å². The second-order valence-corrected chi connectivity index (χ2v) is 6.43. The molecule has 1 aliphatic heterocycles. The summed E-state index contributed by atoms with van der Waals surface area (Å²) < 4.78 is 0. The van der Waals surface area contributed by atoms with Crippen molar-refractivity contribution in [3.8, 4) is 0 Å². The standard InChI is InChI=1S/C18H30N2/c1-5-16-6-8-20(9-7-16)18(12-19)17-11-14(3)13(2)10-15(17)4/h10-11,16,18H,5-9,12,19H2,1-4H3. The van der Waals surface area contributed by atoms with Gasteiger partial charge in [0.15, 0.2) is 0 Å². The monoisotopic (exact) mass is 274 g/mol. The molecule has 0 spiro atoms. The highest BCUT2D eigenvalue weighted by molar-refractivity contribution is 5.38. The van der Waals surface area contributed by atoms with Crippen LogP contribution in [0, 0.1) is 26.7 Å². The van der Waals surface area contributed by atoms with Crippen LogP contribution in [0.4, 0.5) is 0 Å². The summed E-state index contributed by atoms with van der Waals surface area (Å²) >= 11 is 0. The van der Waals surface area contributed by atoms with E-state index in [1.54, 1.807) is 0 Å². The Labute approximate surface area is 124 Å². The summed E-state index contributed by atoms with van der Waals surface area (Å²) in [5.74, 6) is 0.922. The molecule has 1 fully saturated rings. The van der Waals surface area contributed by atoms with Crippen LogP contribution in [0.5, 0.6) is 0 Å². The molecular weight excluding hydrogens is 244 g/mol. The first-order chi connectivity index (χ1) is 9.56. The molecule has 112 valence electrons. The fourth-order valence-corrected chi connectivity index (χ4v) is 3.49. The lowest BCUT2D eigenvalue weighted by Gasteiger charge is -2.38. The second kappa shape index (κ2) is 6.73. The van der Waals surface area contributed by atoms with Crippen molar-refractivity contribution in [1.29, 1.82) is 0 Å². The average Bonchev–Trinajstić information content (AvgIpc) is 2.46. The average molecular weight is 274 g/mol. The molecule has 20 heavy (non-hydrogen) atoms. The summed E-state index contributed by atoms with van der Waals surface area (Å²) in [4.78, 5) is 2.60. The van der Waals surface area contributed by atoms with Gasteiger partial charge < -0.3 is 5.73 Å². The number of hydrogen-bond acceptors (Lipinski definition) is 2. The minimum absolute atomic E-state index is 0.395. The second-order valence-electron chi connectivity index (χ2n) is 6.43. The molecule has 1 saturated heterocycles. The number of nitrogens with two attached hydrogens (primary N) is 1. The zero-order valence-electron chi connectivity index (χ0n) is 13.6. The van der Waals surface area contributed by atoms with E-state index in [0.29, 0.717) is 6.04 Å². The zero-order chi connectivity index (χ0) is 14.7. The molecular formula is C18H30N2. The van der Waals surface area contributed by atoms with Crippen LogP contribution in [0.25, 0.3) is 0 Å². The summed E-state index contributed by atoms with van der Waals surface area (Å²) in [7, 11) is 0. The molecule has 0 amide bonds. The van der Waals surface area contributed by atoms with Gasteiger partial charge in [-0.2, -0.15) is 0 Å². The SMILES string of the molecule is CCC1CCN(C(CN)c2cc(C)c(C)cc2C)CC1. The van der Waals surface area contributed by atoms with Gasteiger partial charge in [-0.05, 0) is 74.9 Å². The first-order valence-corrected chi connectivity index (χ1v) is 8.08. The van der Waals surface area contributed by atoms with E-state index >= 15 is 0 Å². The van der Waals surface area contributed by atoms with Crippen molar-refractivity contribution in [2.45, 2.75) is 53.0 Å². The number of likely N-dealkylation sites (tertiary alicyclic amines) is 1. The Hall–Kier alpha value is -0.860. The topological polar surface area (TPSA) is 29.3 Å². The van der Waals surface area contributed by atoms with E-state index in [0.717, 1.165) is 12.5 Å². The maximum Gasteiger partial charge on any atom is 0.0473 e. The molecule has 2 heteroatoms. The molecule has 1 atom stereocenters. The fraction of sp³-hybridized carbons (Fsp3) is 0.667. The van der Waals surface area contributed by atoms with Gasteiger partial charge in [0.25, 0.3) is 0 Å². The van der Waals surface area contributed by atoms with Gasteiger partial charge in [0.1, 0.15) is 0 Å². The largest absolute Gasteiger partial charge is 0.329 e. The molecule has 2 N–H and O–H groups in total. The lowest BCUT2D eigenvalue weighted by molar-refractivity contribution is 0.133. The molecule has 0 bridgehead atoms. The highest BCUT2D eigenvalue weighted by atomic mass is 15.2. The van der Waals surface area contributed by atoms with Gasteiger partial charge in [-0.25, -0.2) is 0 Å². The van der Waals surface area contributed by atoms with E-state index in [4.69, 9.17) is 5.73 Å². The quantitative estimate of drug-likeness (QED) is 0.906. The first-order valence-electron chi connectivity index (χ1n) is 8.08. The number of piperidine rings is 1. The Kier molecular flexibility index (Phi) is 5.22. The van der Waals surface area contributed by atoms with E-state index in [1.165, 1.54) is 54.6 Å². The normalized spacial score (nSPS) is 19.2. The molecule has 0 radical (unpaired) electrons. The van der Waals surface area contributed by atoms with Gasteiger partial charge in [0, 0.05) is 12.6 Å². The summed E-state index contributed by atoms with van der Waals surface area (Å²) in [5, 5.41) is 0. The molecule has 2 nitrogen and oxygen atoms in total. The summed E-state index contributed by atoms with van der Waals surface area (Å²) in [6, 6.07) is 5.06. The Balaban J connectivity index is 2.18. The van der Waals surface area contributed by atoms with Gasteiger partial charge in [-0.1, -0.05) is 25.5 Å². The number of rotatable bonds is 4. The fourth-order valence-electron chi connectivity index (χ4n) is 3.49. The predicted octanol–water partition coefficient (Wildman–Crippen LogP) is 3.73. The third-order valence-corrected chi connectivity index (χ3v) is 5.13. The molecule has 0 saturated carbocycles. The molecule has 1 aliphatic rings. The van der Waals surface area contributed by atoms with Crippen LogP contribution in [0.1, 0.15) is 54.5 Å². The number of nitrogens with zero attached hydrogens (tertiary/aromatic N) is 1. The van der Waals surface area contributed by atoms with E-state index < -0.39 is 0 Å². The van der Waals surface area contributed by atoms with E-state index in [-0.39, 0.29) is 0 Å². The van der Waals surface area contributed by atoms with Crippen molar-refractivity contribution < 1.29 is 0 Å². The number of hydrogen-bond donors (Lipinski definition) is 1. The van der Waals surface area contributed by atoms with Gasteiger partial charge in [0.2, 0.25) is 0 Å². The maximum atomic E-state index is 6.12. The van der Waals surface area contributed by atoms with Crippen LogP contribution in [0.15, 0.2) is 12.1 Å². The minimum atomic E-state index is 0.395.